The second-order valence-electron chi connectivity index (χ2n) is 8.89. The molecule has 0 spiro atoms. The van der Waals surface area contributed by atoms with Gasteiger partial charge >= 0.3 is 0 Å². The first-order valence-electron chi connectivity index (χ1n) is 12.4. The lowest BCUT2D eigenvalue weighted by Gasteiger charge is -2.20. The van der Waals surface area contributed by atoms with E-state index in [2.05, 4.69) is 46.4 Å². The predicted molar refractivity (Wildman–Crippen MR) is 135 cm³/mol. The fourth-order valence-electron chi connectivity index (χ4n) is 4.67. The molecular weight excluding hydrogens is 410 g/mol. The number of methoxy groups -OCH3 is 1. The number of aromatic nitrogens is 2. The number of ether oxygens (including phenoxy) is 2. The van der Waals surface area contributed by atoms with Gasteiger partial charge in [0.2, 0.25) is 0 Å². The number of benzene rings is 2. The average molecular weight is 448 g/mol. The molecule has 0 unspecified atom stereocenters. The molecular formula is C28H37N3O2. The average Bonchev–Trinajstić information content (AvgIpc) is 2.98. The molecule has 176 valence electrons. The van der Waals surface area contributed by atoms with Crippen molar-refractivity contribution in [2.75, 3.05) is 26.8 Å². The van der Waals surface area contributed by atoms with Crippen molar-refractivity contribution in [3.05, 3.63) is 66.5 Å². The second-order valence-corrected chi connectivity index (χ2v) is 8.89. The summed E-state index contributed by atoms with van der Waals surface area (Å²) in [6.07, 6.45) is 10.1. The van der Waals surface area contributed by atoms with Crippen LogP contribution in [0, 0.1) is 0 Å². The maximum Gasteiger partial charge on any atom is 0.161 e. The van der Waals surface area contributed by atoms with Gasteiger partial charge in [0.25, 0.3) is 0 Å². The quantitative estimate of drug-likeness (QED) is 0.267. The SMILES string of the molecule is C=CCc1ccc(OCCCCn2c(CN3CCCCCC3)nc3ccccc32)c(OC)c1. The van der Waals surface area contributed by atoms with Gasteiger partial charge in [-0.15, -0.1) is 6.58 Å². The Kier molecular flexibility index (Phi) is 8.42. The Morgan fingerprint density at radius 2 is 1.82 bits per heavy atom. The van der Waals surface area contributed by atoms with Crippen molar-refractivity contribution in [1.29, 1.82) is 0 Å². The molecule has 0 saturated carbocycles. The summed E-state index contributed by atoms with van der Waals surface area (Å²) in [5.41, 5.74) is 3.52. The summed E-state index contributed by atoms with van der Waals surface area (Å²) in [5.74, 6) is 2.79. The van der Waals surface area contributed by atoms with Crippen LogP contribution < -0.4 is 9.47 Å². The van der Waals surface area contributed by atoms with E-state index in [1.54, 1.807) is 7.11 Å². The molecule has 1 saturated heterocycles. The first kappa shape index (κ1) is 23.4. The molecule has 5 nitrogen and oxygen atoms in total. The fourth-order valence-corrected chi connectivity index (χ4v) is 4.67. The van der Waals surface area contributed by atoms with Gasteiger partial charge in [-0.05, 0) is 75.0 Å². The zero-order valence-corrected chi connectivity index (χ0v) is 20.0. The van der Waals surface area contributed by atoms with Crippen LogP contribution in [0.4, 0.5) is 0 Å². The van der Waals surface area contributed by atoms with Crippen molar-refractivity contribution in [2.24, 2.45) is 0 Å². The van der Waals surface area contributed by atoms with E-state index in [0.29, 0.717) is 6.61 Å². The van der Waals surface area contributed by atoms with Gasteiger partial charge in [0, 0.05) is 6.54 Å². The monoisotopic (exact) mass is 447 g/mol. The Morgan fingerprint density at radius 1 is 1.00 bits per heavy atom. The number of nitrogens with zero attached hydrogens (tertiary/aromatic N) is 3. The van der Waals surface area contributed by atoms with Crippen LogP contribution in [-0.2, 0) is 19.5 Å². The lowest BCUT2D eigenvalue weighted by atomic mass is 10.1. The Morgan fingerprint density at radius 3 is 2.61 bits per heavy atom. The van der Waals surface area contributed by atoms with Crippen LogP contribution in [0.15, 0.2) is 55.1 Å². The summed E-state index contributed by atoms with van der Waals surface area (Å²) in [5, 5.41) is 0. The van der Waals surface area contributed by atoms with Crippen molar-refractivity contribution in [2.45, 2.75) is 58.0 Å². The van der Waals surface area contributed by atoms with Gasteiger partial charge in [-0.3, -0.25) is 4.90 Å². The molecule has 0 amide bonds. The van der Waals surface area contributed by atoms with E-state index < -0.39 is 0 Å². The van der Waals surface area contributed by atoms with Crippen LogP contribution in [0.25, 0.3) is 11.0 Å². The summed E-state index contributed by atoms with van der Waals surface area (Å²) < 4.78 is 14.0. The third-order valence-electron chi connectivity index (χ3n) is 6.44. The number of aryl methyl sites for hydroxylation is 1. The predicted octanol–water partition coefficient (Wildman–Crippen LogP) is 6.01. The number of fused-ring (bicyclic) bond motifs is 1. The highest BCUT2D eigenvalue weighted by Gasteiger charge is 2.15. The zero-order chi connectivity index (χ0) is 22.9. The third kappa shape index (κ3) is 6.17. The fraction of sp³-hybridized carbons (Fsp3) is 0.464. The van der Waals surface area contributed by atoms with Crippen LogP contribution >= 0.6 is 0 Å². The lowest BCUT2D eigenvalue weighted by Crippen LogP contribution is -2.26. The molecule has 1 fully saturated rings. The number of imidazole rings is 1. The lowest BCUT2D eigenvalue weighted by molar-refractivity contribution is 0.264. The van der Waals surface area contributed by atoms with Gasteiger partial charge in [0.05, 0.1) is 31.3 Å². The molecule has 33 heavy (non-hydrogen) atoms. The minimum absolute atomic E-state index is 0.672. The van der Waals surface area contributed by atoms with E-state index >= 15 is 0 Å². The minimum Gasteiger partial charge on any atom is -0.493 e. The third-order valence-corrected chi connectivity index (χ3v) is 6.44. The summed E-state index contributed by atoms with van der Waals surface area (Å²) in [7, 11) is 1.69. The van der Waals surface area contributed by atoms with Crippen molar-refractivity contribution in [1.82, 2.24) is 14.5 Å². The van der Waals surface area contributed by atoms with Crippen LogP contribution in [-0.4, -0.2) is 41.3 Å². The summed E-state index contributed by atoms with van der Waals surface area (Å²) in [4.78, 5) is 7.58. The molecule has 3 aromatic rings. The number of unbranched alkanes of at least 4 members (excludes halogenated alkanes) is 1. The highest BCUT2D eigenvalue weighted by atomic mass is 16.5. The molecule has 0 atom stereocenters. The van der Waals surface area contributed by atoms with Gasteiger partial charge in [-0.2, -0.15) is 0 Å². The first-order chi connectivity index (χ1) is 16.3. The van der Waals surface area contributed by atoms with Crippen molar-refractivity contribution in [3.8, 4) is 11.5 Å². The van der Waals surface area contributed by atoms with Crippen LogP contribution in [0.3, 0.4) is 0 Å². The Balaban J connectivity index is 1.35. The number of likely N-dealkylation sites (tertiary alicyclic amines) is 1. The molecule has 4 rings (SSSR count). The van der Waals surface area contributed by atoms with Gasteiger partial charge in [0.1, 0.15) is 5.82 Å². The number of allylic oxidation sites excluding steroid dienone is 1. The normalized spacial score (nSPS) is 14.8. The molecule has 0 radical (unpaired) electrons. The van der Waals surface area contributed by atoms with E-state index in [9.17, 15) is 0 Å². The Hall–Kier alpha value is -2.79. The highest BCUT2D eigenvalue weighted by Crippen LogP contribution is 2.28. The molecule has 5 heteroatoms. The molecule has 1 aliphatic heterocycles. The minimum atomic E-state index is 0.672. The van der Waals surface area contributed by atoms with E-state index in [1.165, 1.54) is 55.7 Å². The Labute approximate surface area is 198 Å². The maximum atomic E-state index is 6.05. The second kappa shape index (κ2) is 11.9. The first-order valence-corrected chi connectivity index (χ1v) is 12.4. The van der Waals surface area contributed by atoms with E-state index in [4.69, 9.17) is 14.5 Å². The summed E-state index contributed by atoms with van der Waals surface area (Å²) in [6.45, 7) is 8.75. The smallest absolute Gasteiger partial charge is 0.161 e. The number of hydrogen-bond acceptors (Lipinski definition) is 4. The van der Waals surface area contributed by atoms with E-state index in [0.717, 1.165) is 49.4 Å². The molecule has 0 N–H and O–H groups in total. The van der Waals surface area contributed by atoms with E-state index in [1.807, 2.05) is 18.2 Å². The molecule has 0 bridgehead atoms. The maximum absolute atomic E-state index is 6.05. The molecule has 2 heterocycles. The van der Waals surface area contributed by atoms with Gasteiger partial charge in [0.15, 0.2) is 11.5 Å². The van der Waals surface area contributed by atoms with Crippen LogP contribution in [0.1, 0.15) is 49.9 Å². The van der Waals surface area contributed by atoms with Gasteiger partial charge in [-0.25, -0.2) is 4.98 Å². The number of rotatable bonds is 11. The molecule has 2 aromatic carbocycles. The largest absolute Gasteiger partial charge is 0.493 e. The number of hydrogen-bond donors (Lipinski definition) is 0. The van der Waals surface area contributed by atoms with Crippen molar-refractivity contribution >= 4 is 11.0 Å². The van der Waals surface area contributed by atoms with Crippen molar-refractivity contribution < 1.29 is 9.47 Å². The van der Waals surface area contributed by atoms with Crippen molar-refractivity contribution in [3.63, 3.8) is 0 Å². The summed E-state index contributed by atoms with van der Waals surface area (Å²) >= 11 is 0. The van der Waals surface area contributed by atoms with Crippen LogP contribution in [0.5, 0.6) is 11.5 Å². The van der Waals surface area contributed by atoms with Gasteiger partial charge < -0.3 is 14.0 Å². The highest BCUT2D eigenvalue weighted by molar-refractivity contribution is 5.75. The van der Waals surface area contributed by atoms with Gasteiger partial charge in [-0.1, -0.05) is 37.1 Å². The standard InChI is InChI=1S/C28H37N3O2/c1-3-12-23-15-16-26(27(21-23)32-2)33-20-11-10-19-31-25-14-7-6-13-24(25)29-28(31)22-30-17-8-4-5-9-18-30/h3,6-7,13-16,21H,1,4-5,8-12,17-20,22H2,2H3. The zero-order valence-electron chi connectivity index (χ0n) is 20.0. The number of para-hydroxylation sites is 2. The van der Waals surface area contributed by atoms with E-state index in [-0.39, 0.29) is 0 Å². The molecule has 1 aromatic heterocycles. The molecule has 1 aliphatic rings. The molecule has 0 aliphatic carbocycles. The topological polar surface area (TPSA) is 39.5 Å². The summed E-state index contributed by atoms with van der Waals surface area (Å²) in [6, 6.07) is 14.6. The Bertz CT molecular complexity index is 1030. The van der Waals surface area contributed by atoms with Crippen LogP contribution in [0.2, 0.25) is 0 Å².